The normalized spacial score (nSPS) is 17.3. The average molecular weight is 661 g/mol. The number of H-pyrrole nitrogens is 1. The Labute approximate surface area is 278 Å². The van der Waals surface area contributed by atoms with Crippen LogP contribution in [0.25, 0.3) is 10.2 Å². The molecule has 1 spiro atoms. The molecule has 6 rings (SSSR count). The number of hydrogen-bond donors (Lipinski definition) is 4. The summed E-state index contributed by atoms with van der Waals surface area (Å²) in [4.78, 5) is 31.5. The van der Waals surface area contributed by atoms with Gasteiger partial charge in [0.25, 0.3) is 0 Å². The number of rotatable bonds is 13. The molecule has 2 aliphatic rings. The first kappa shape index (κ1) is 33.2. The number of nitrogens with zero attached hydrogens (tertiary/aromatic N) is 2. The second-order valence-corrected chi connectivity index (χ2v) is 13.5. The highest BCUT2D eigenvalue weighted by atomic mass is 32.1. The summed E-state index contributed by atoms with van der Waals surface area (Å²) >= 11 is 0.981. The molecule has 11 heteroatoms. The van der Waals surface area contributed by atoms with Crippen molar-refractivity contribution in [2.75, 3.05) is 52.5 Å². The molecule has 0 saturated carbocycles. The predicted octanol–water partition coefficient (Wildman–Crippen LogP) is 4.21. The standard InChI is InChI=1S/C36H44N4O6S/c41-30-14-13-29(34-33(30)38-35(44)47-34)31(42)24-37-23-27-9-11-28(12-10-27)45-21-19-39-17-15-36(16-18-39)25-40(20-22-46-36)32(43)8-4-7-26-5-2-1-3-6-26/h1-3,5-6,9-14,31,37,41-42H,4,7-8,15-25H2,(H,38,44)/t31-/m0/s1. The van der Waals surface area contributed by atoms with E-state index in [0.717, 1.165) is 68.0 Å². The Morgan fingerprint density at radius 3 is 2.62 bits per heavy atom. The number of phenolic OH excluding ortho intramolecular Hbond substituents is 1. The molecule has 1 amide bonds. The summed E-state index contributed by atoms with van der Waals surface area (Å²) in [6.07, 6.45) is 3.40. The molecule has 2 saturated heterocycles. The largest absolute Gasteiger partial charge is 0.506 e. The van der Waals surface area contributed by atoms with Gasteiger partial charge in [-0.15, -0.1) is 0 Å². The van der Waals surface area contributed by atoms with Gasteiger partial charge < -0.3 is 34.9 Å². The van der Waals surface area contributed by atoms with Crippen molar-refractivity contribution in [3.8, 4) is 11.5 Å². The van der Waals surface area contributed by atoms with Crippen LogP contribution in [-0.2, 0) is 22.5 Å². The fourth-order valence-electron chi connectivity index (χ4n) is 6.55. The molecule has 47 heavy (non-hydrogen) atoms. The van der Waals surface area contributed by atoms with E-state index in [1.54, 1.807) is 6.07 Å². The number of aliphatic hydroxyl groups is 1. The minimum absolute atomic E-state index is 0.00516. The number of benzene rings is 3. The Morgan fingerprint density at radius 1 is 1.04 bits per heavy atom. The highest BCUT2D eigenvalue weighted by molar-refractivity contribution is 7.16. The van der Waals surface area contributed by atoms with Crippen molar-refractivity contribution in [3.05, 3.63) is 93.1 Å². The summed E-state index contributed by atoms with van der Waals surface area (Å²) in [5, 5.41) is 24.0. The van der Waals surface area contributed by atoms with Crippen LogP contribution in [0, 0.1) is 0 Å². The van der Waals surface area contributed by atoms with E-state index in [2.05, 4.69) is 27.3 Å². The smallest absolute Gasteiger partial charge is 0.305 e. The maximum absolute atomic E-state index is 13.0. The van der Waals surface area contributed by atoms with Crippen LogP contribution in [0.4, 0.5) is 0 Å². The number of aromatic hydroxyl groups is 1. The zero-order valence-electron chi connectivity index (χ0n) is 26.7. The van der Waals surface area contributed by atoms with Gasteiger partial charge in [0.05, 0.1) is 23.0 Å². The minimum Gasteiger partial charge on any atom is -0.506 e. The Morgan fingerprint density at radius 2 is 1.83 bits per heavy atom. The first-order valence-electron chi connectivity index (χ1n) is 16.5. The Bertz CT molecular complexity index is 1670. The summed E-state index contributed by atoms with van der Waals surface area (Å²) in [6, 6.07) is 21.4. The third kappa shape index (κ3) is 8.60. The number of nitrogens with one attached hydrogen (secondary N) is 2. The second-order valence-electron chi connectivity index (χ2n) is 12.6. The number of aliphatic hydroxyl groups excluding tert-OH is 1. The Balaban J connectivity index is 0.877. The molecular weight excluding hydrogens is 616 g/mol. The zero-order valence-corrected chi connectivity index (χ0v) is 27.5. The predicted molar refractivity (Wildman–Crippen MR) is 183 cm³/mol. The lowest BCUT2D eigenvalue weighted by atomic mass is 9.89. The second kappa shape index (κ2) is 15.4. The van der Waals surface area contributed by atoms with E-state index >= 15 is 0 Å². The van der Waals surface area contributed by atoms with Crippen LogP contribution in [0.15, 0.2) is 71.5 Å². The lowest BCUT2D eigenvalue weighted by molar-refractivity contribution is -0.159. The zero-order chi connectivity index (χ0) is 32.6. The Kier molecular flexibility index (Phi) is 10.9. The SMILES string of the molecule is O=C(CCCc1ccccc1)N1CCOC2(CCN(CCOc3ccc(CNC[C@H](O)c4ccc(O)c5[nH]c(=O)sc45)cc3)CC2)C1. The van der Waals surface area contributed by atoms with Gasteiger partial charge in [0.2, 0.25) is 5.91 Å². The van der Waals surface area contributed by atoms with Crippen molar-refractivity contribution in [3.63, 3.8) is 0 Å². The van der Waals surface area contributed by atoms with Crippen LogP contribution in [0.3, 0.4) is 0 Å². The van der Waals surface area contributed by atoms with Crippen molar-refractivity contribution in [1.82, 2.24) is 20.1 Å². The maximum Gasteiger partial charge on any atom is 0.305 e. The van der Waals surface area contributed by atoms with Gasteiger partial charge in [-0.05, 0) is 55.0 Å². The molecule has 0 bridgehead atoms. The quantitative estimate of drug-likeness (QED) is 0.168. The fraction of sp³-hybridized carbons (Fsp3) is 0.444. The molecular formula is C36H44N4O6S. The number of likely N-dealkylation sites (tertiary alicyclic amines) is 1. The number of piperidine rings is 1. The summed E-state index contributed by atoms with van der Waals surface area (Å²) in [5.41, 5.74) is 3.07. The van der Waals surface area contributed by atoms with Crippen LogP contribution in [0.5, 0.6) is 11.5 Å². The molecule has 4 aromatic rings. The summed E-state index contributed by atoms with van der Waals surface area (Å²) in [6.45, 7) is 6.13. The van der Waals surface area contributed by atoms with Crippen LogP contribution < -0.4 is 14.9 Å². The molecule has 4 N–H and O–H groups in total. The molecule has 3 heterocycles. The summed E-state index contributed by atoms with van der Waals surface area (Å²) in [7, 11) is 0. The highest BCUT2D eigenvalue weighted by Crippen LogP contribution is 2.32. The van der Waals surface area contributed by atoms with E-state index in [4.69, 9.17) is 9.47 Å². The summed E-state index contributed by atoms with van der Waals surface area (Å²) < 4.78 is 12.9. The number of aryl methyl sites for hydroxylation is 1. The molecule has 1 atom stereocenters. The van der Waals surface area contributed by atoms with Gasteiger partial charge in [-0.25, -0.2) is 0 Å². The summed E-state index contributed by atoms with van der Waals surface area (Å²) in [5.74, 6) is 1.05. The van der Waals surface area contributed by atoms with Gasteiger partial charge in [-0.3, -0.25) is 14.5 Å². The molecule has 2 fully saturated rings. The fourth-order valence-corrected chi connectivity index (χ4v) is 7.47. The number of aromatic amines is 1. The molecule has 3 aromatic carbocycles. The third-order valence-corrected chi connectivity index (χ3v) is 10.2. The number of phenols is 1. The van der Waals surface area contributed by atoms with Crippen molar-refractivity contribution < 1.29 is 24.5 Å². The van der Waals surface area contributed by atoms with Crippen LogP contribution >= 0.6 is 11.3 Å². The number of carbonyl (C=O) groups excluding carboxylic acids is 1. The number of aromatic nitrogens is 1. The Hall–Kier alpha value is -3.74. The van der Waals surface area contributed by atoms with Gasteiger partial charge in [0.1, 0.15) is 23.6 Å². The molecule has 0 unspecified atom stereocenters. The van der Waals surface area contributed by atoms with Crippen LogP contribution in [0.1, 0.15) is 48.5 Å². The number of hydrogen-bond acceptors (Lipinski definition) is 9. The van der Waals surface area contributed by atoms with Gasteiger partial charge in [-0.2, -0.15) is 0 Å². The minimum atomic E-state index is -0.821. The van der Waals surface area contributed by atoms with Crippen LogP contribution in [0.2, 0.25) is 0 Å². The van der Waals surface area contributed by atoms with E-state index < -0.39 is 6.10 Å². The lowest BCUT2D eigenvalue weighted by Crippen LogP contribution is -2.58. The van der Waals surface area contributed by atoms with E-state index in [-0.39, 0.29) is 22.1 Å². The van der Waals surface area contributed by atoms with Crippen molar-refractivity contribution in [2.24, 2.45) is 0 Å². The number of thiazole rings is 1. The molecule has 0 aliphatic carbocycles. The number of carbonyl (C=O) groups is 1. The van der Waals surface area contributed by atoms with Gasteiger partial charge in [-0.1, -0.05) is 59.9 Å². The number of amides is 1. The molecule has 10 nitrogen and oxygen atoms in total. The molecule has 1 aromatic heterocycles. The van der Waals surface area contributed by atoms with Gasteiger partial charge >= 0.3 is 4.87 Å². The van der Waals surface area contributed by atoms with E-state index in [1.165, 1.54) is 11.6 Å². The molecule has 250 valence electrons. The highest BCUT2D eigenvalue weighted by Gasteiger charge is 2.40. The number of fused-ring (bicyclic) bond motifs is 1. The first-order valence-corrected chi connectivity index (χ1v) is 17.3. The van der Waals surface area contributed by atoms with Crippen molar-refractivity contribution in [2.45, 2.75) is 50.4 Å². The monoisotopic (exact) mass is 660 g/mol. The van der Waals surface area contributed by atoms with E-state index in [9.17, 15) is 19.8 Å². The van der Waals surface area contributed by atoms with E-state index in [1.807, 2.05) is 47.4 Å². The van der Waals surface area contributed by atoms with Crippen LogP contribution in [-0.4, -0.2) is 89.0 Å². The van der Waals surface area contributed by atoms with Gasteiger partial charge in [0, 0.05) is 57.8 Å². The first-order chi connectivity index (χ1) is 22.9. The number of morpholine rings is 1. The number of ether oxygens (including phenoxy) is 2. The van der Waals surface area contributed by atoms with Gasteiger partial charge in [0.15, 0.2) is 0 Å². The maximum atomic E-state index is 13.0. The lowest BCUT2D eigenvalue weighted by Gasteiger charge is -2.47. The van der Waals surface area contributed by atoms with E-state index in [0.29, 0.717) is 61.6 Å². The topological polar surface area (TPSA) is 127 Å². The average Bonchev–Trinajstić information content (AvgIpc) is 3.49. The molecule has 2 aliphatic heterocycles. The van der Waals surface area contributed by atoms with Crippen molar-refractivity contribution in [1.29, 1.82) is 0 Å². The third-order valence-electron chi connectivity index (χ3n) is 9.28. The molecule has 0 radical (unpaired) electrons. The van der Waals surface area contributed by atoms with Crippen molar-refractivity contribution >= 4 is 27.5 Å².